The molecular formula is C10H16N2O. The summed E-state index contributed by atoms with van der Waals surface area (Å²) in [5.41, 5.74) is 7.23. The molecule has 3 nitrogen and oxygen atoms in total. The van der Waals surface area contributed by atoms with Crippen LogP contribution in [0.5, 0.6) is 0 Å². The molecule has 0 amide bonds. The Balaban J connectivity index is 2.07. The Morgan fingerprint density at radius 2 is 2.38 bits per heavy atom. The van der Waals surface area contributed by atoms with Crippen molar-refractivity contribution < 1.29 is 4.42 Å². The normalized spacial score (nSPS) is 30.6. The van der Waals surface area contributed by atoms with Gasteiger partial charge < -0.3 is 15.1 Å². The molecule has 0 bridgehead atoms. The van der Waals surface area contributed by atoms with Gasteiger partial charge in [-0.25, -0.2) is 0 Å². The Hall–Kier alpha value is -0.800. The zero-order valence-electron chi connectivity index (χ0n) is 7.94. The third-order valence-corrected chi connectivity index (χ3v) is 2.68. The Morgan fingerprint density at radius 1 is 1.54 bits per heavy atom. The van der Waals surface area contributed by atoms with Crippen molar-refractivity contribution in [2.75, 3.05) is 20.1 Å². The second-order valence-electron chi connectivity index (χ2n) is 3.97. The fourth-order valence-electron chi connectivity index (χ4n) is 2.11. The van der Waals surface area contributed by atoms with E-state index in [-0.39, 0.29) is 0 Å². The van der Waals surface area contributed by atoms with Gasteiger partial charge in [0, 0.05) is 25.0 Å². The van der Waals surface area contributed by atoms with E-state index in [1.807, 2.05) is 12.3 Å². The van der Waals surface area contributed by atoms with Crippen LogP contribution in [0, 0.1) is 0 Å². The molecule has 2 rings (SSSR count). The molecule has 0 aliphatic carbocycles. The Kier molecular flexibility index (Phi) is 2.38. The third kappa shape index (κ3) is 1.92. The quantitative estimate of drug-likeness (QED) is 0.701. The summed E-state index contributed by atoms with van der Waals surface area (Å²) in [5, 5.41) is 0. The van der Waals surface area contributed by atoms with Gasteiger partial charge in [0.15, 0.2) is 0 Å². The Bertz CT molecular complexity index is 248. The first-order valence-electron chi connectivity index (χ1n) is 4.72. The van der Waals surface area contributed by atoms with E-state index >= 15 is 0 Å². The molecule has 0 aromatic carbocycles. The number of piperidine rings is 1. The molecule has 1 aromatic rings. The van der Waals surface area contributed by atoms with Gasteiger partial charge in [0.1, 0.15) is 0 Å². The van der Waals surface area contributed by atoms with E-state index in [4.69, 9.17) is 10.2 Å². The van der Waals surface area contributed by atoms with Crippen molar-refractivity contribution >= 4 is 0 Å². The van der Waals surface area contributed by atoms with Gasteiger partial charge in [-0.1, -0.05) is 0 Å². The van der Waals surface area contributed by atoms with Crippen LogP contribution in [-0.2, 0) is 0 Å². The molecule has 2 unspecified atom stereocenters. The van der Waals surface area contributed by atoms with Crippen molar-refractivity contribution in [3.8, 4) is 0 Å². The van der Waals surface area contributed by atoms with Crippen LogP contribution in [0.4, 0.5) is 0 Å². The number of hydrogen-bond donors (Lipinski definition) is 1. The molecule has 2 N–H and O–H groups in total. The molecule has 1 aromatic heterocycles. The molecule has 1 aliphatic rings. The fraction of sp³-hybridized carbons (Fsp3) is 0.600. The Morgan fingerprint density at radius 3 is 3.00 bits per heavy atom. The lowest BCUT2D eigenvalue weighted by molar-refractivity contribution is 0.226. The van der Waals surface area contributed by atoms with Gasteiger partial charge in [-0.2, -0.15) is 0 Å². The van der Waals surface area contributed by atoms with E-state index in [2.05, 4.69) is 11.9 Å². The van der Waals surface area contributed by atoms with E-state index < -0.39 is 0 Å². The highest BCUT2D eigenvalue weighted by molar-refractivity contribution is 5.14. The summed E-state index contributed by atoms with van der Waals surface area (Å²) in [6, 6.07) is 2.34. The van der Waals surface area contributed by atoms with Gasteiger partial charge in [0.2, 0.25) is 0 Å². The lowest BCUT2D eigenvalue weighted by atomic mass is 9.90. The van der Waals surface area contributed by atoms with Crippen molar-refractivity contribution in [2.45, 2.75) is 18.4 Å². The molecule has 0 radical (unpaired) electrons. The summed E-state index contributed by atoms with van der Waals surface area (Å²) in [6.07, 6.45) is 4.63. The predicted octanol–water partition coefficient (Wildman–Crippen LogP) is 1.03. The molecule has 2 heterocycles. The first kappa shape index (κ1) is 8.78. The zero-order chi connectivity index (χ0) is 9.26. The summed E-state index contributed by atoms with van der Waals surface area (Å²) >= 11 is 0. The second-order valence-corrected chi connectivity index (χ2v) is 3.97. The van der Waals surface area contributed by atoms with E-state index in [1.165, 1.54) is 5.56 Å². The number of likely N-dealkylation sites (N-methyl/N-ethyl adjacent to an activating group) is 1. The van der Waals surface area contributed by atoms with Crippen molar-refractivity contribution in [1.29, 1.82) is 0 Å². The van der Waals surface area contributed by atoms with Crippen molar-refractivity contribution in [3.05, 3.63) is 24.2 Å². The summed E-state index contributed by atoms with van der Waals surface area (Å²) in [4.78, 5) is 2.28. The summed E-state index contributed by atoms with van der Waals surface area (Å²) in [7, 11) is 2.12. The number of hydrogen-bond acceptors (Lipinski definition) is 3. The number of rotatable bonds is 1. The van der Waals surface area contributed by atoms with Gasteiger partial charge in [0.25, 0.3) is 0 Å². The Labute approximate surface area is 78.5 Å². The van der Waals surface area contributed by atoms with Crippen LogP contribution in [0.25, 0.3) is 0 Å². The molecule has 0 spiro atoms. The third-order valence-electron chi connectivity index (χ3n) is 2.68. The SMILES string of the molecule is CN1CC(N)CC(c2ccoc2)C1. The standard InChI is InChI=1S/C10H16N2O/c1-12-5-9(4-10(11)6-12)8-2-3-13-7-8/h2-3,7,9-10H,4-6,11H2,1H3. The van der Waals surface area contributed by atoms with Gasteiger partial charge in [-0.15, -0.1) is 0 Å². The van der Waals surface area contributed by atoms with Crippen LogP contribution in [0.1, 0.15) is 17.9 Å². The average molecular weight is 180 g/mol. The largest absolute Gasteiger partial charge is 0.472 e. The van der Waals surface area contributed by atoms with Crippen molar-refractivity contribution in [1.82, 2.24) is 4.90 Å². The van der Waals surface area contributed by atoms with Crippen LogP contribution < -0.4 is 5.73 Å². The maximum atomic E-state index is 5.95. The van der Waals surface area contributed by atoms with Crippen molar-refractivity contribution in [3.63, 3.8) is 0 Å². The highest BCUT2D eigenvalue weighted by atomic mass is 16.3. The van der Waals surface area contributed by atoms with Gasteiger partial charge in [-0.05, 0) is 25.1 Å². The minimum Gasteiger partial charge on any atom is -0.472 e. The van der Waals surface area contributed by atoms with Crippen LogP contribution in [0.3, 0.4) is 0 Å². The monoisotopic (exact) mass is 180 g/mol. The number of nitrogens with two attached hydrogens (primary N) is 1. The molecule has 1 aliphatic heterocycles. The summed E-state index contributed by atoms with van der Waals surface area (Å²) in [6.45, 7) is 2.10. The molecule has 13 heavy (non-hydrogen) atoms. The van der Waals surface area contributed by atoms with Gasteiger partial charge in [0.05, 0.1) is 12.5 Å². The van der Waals surface area contributed by atoms with E-state index in [0.717, 1.165) is 19.5 Å². The smallest absolute Gasteiger partial charge is 0.0937 e. The van der Waals surface area contributed by atoms with Gasteiger partial charge in [-0.3, -0.25) is 0 Å². The summed E-state index contributed by atoms with van der Waals surface area (Å²) in [5.74, 6) is 0.549. The van der Waals surface area contributed by atoms with Gasteiger partial charge >= 0.3 is 0 Å². The number of likely N-dealkylation sites (tertiary alicyclic amines) is 1. The molecule has 72 valence electrons. The maximum Gasteiger partial charge on any atom is 0.0937 e. The molecule has 1 fully saturated rings. The minimum absolute atomic E-state index is 0.304. The highest BCUT2D eigenvalue weighted by Gasteiger charge is 2.24. The fourth-order valence-corrected chi connectivity index (χ4v) is 2.11. The van der Waals surface area contributed by atoms with Crippen LogP contribution in [0.15, 0.2) is 23.0 Å². The molecule has 1 saturated heterocycles. The molecule has 3 heteroatoms. The topological polar surface area (TPSA) is 42.4 Å². The molecule has 2 atom stereocenters. The lowest BCUT2D eigenvalue weighted by Crippen LogP contribution is -2.44. The number of nitrogens with zero attached hydrogens (tertiary/aromatic N) is 1. The minimum atomic E-state index is 0.304. The first-order valence-corrected chi connectivity index (χ1v) is 4.72. The summed E-state index contributed by atoms with van der Waals surface area (Å²) < 4.78 is 5.08. The zero-order valence-corrected chi connectivity index (χ0v) is 7.94. The molecule has 0 saturated carbocycles. The maximum absolute atomic E-state index is 5.95. The second kappa shape index (κ2) is 3.52. The van der Waals surface area contributed by atoms with E-state index in [9.17, 15) is 0 Å². The number of furan rings is 1. The van der Waals surface area contributed by atoms with E-state index in [1.54, 1.807) is 6.26 Å². The lowest BCUT2D eigenvalue weighted by Gasteiger charge is -2.33. The van der Waals surface area contributed by atoms with Crippen LogP contribution in [0.2, 0.25) is 0 Å². The van der Waals surface area contributed by atoms with E-state index in [0.29, 0.717) is 12.0 Å². The predicted molar refractivity (Wildman–Crippen MR) is 51.5 cm³/mol. The first-order chi connectivity index (χ1) is 6.25. The van der Waals surface area contributed by atoms with Crippen LogP contribution >= 0.6 is 0 Å². The molecular weight excluding hydrogens is 164 g/mol. The van der Waals surface area contributed by atoms with Crippen molar-refractivity contribution in [2.24, 2.45) is 5.73 Å². The highest BCUT2D eigenvalue weighted by Crippen LogP contribution is 2.25. The average Bonchev–Trinajstić information content (AvgIpc) is 2.53. The van der Waals surface area contributed by atoms with Crippen LogP contribution in [-0.4, -0.2) is 31.1 Å².